The molecule has 3 rings (SSSR count). The van der Waals surface area contributed by atoms with Crippen LogP contribution >= 0.6 is 0 Å². The Kier molecular flexibility index (Phi) is 3.31. The van der Waals surface area contributed by atoms with Gasteiger partial charge < -0.3 is 4.74 Å². The summed E-state index contributed by atoms with van der Waals surface area (Å²) in [5, 5.41) is 0. The molecule has 0 aliphatic heterocycles. The van der Waals surface area contributed by atoms with Crippen molar-refractivity contribution in [3.8, 4) is 0 Å². The van der Waals surface area contributed by atoms with Crippen LogP contribution in [0, 0.1) is 40.4 Å². The van der Waals surface area contributed by atoms with E-state index in [-0.39, 0.29) is 5.97 Å². The minimum atomic E-state index is -0.417. The van der Waals surface area contributed by atoms with E-state index in [2.05, 4.69) is 26.8 Å². The number of hydrogen-bond donors (Lipinski definition) is 0. The Bertz CT molecular complexity index is 482. The normalized spacial score (nSPS) is 41.4. The topological polar surface area (TPSA) is 26.3 Å². The number of carbonyl (C=O) groups excluding carboxylic acids is 1. The van der Waals surface area contributed by atoms with Crippen molar-refractivity contribution in [3.63, 3.8) is 0 Å². The van der Waals surface area contributed by atoms with Crippen molar-refractivity contribution < 1.29 is 9.53 Å². The quantitative estimate of drug-likeness (QED) is 0.683. The SMILES string of the molecule is CC(C)[C@@H]1CC[C@@H](C)[C@@]23CC=C(OC(=O)C(C)(C)C)[C@H]2[C@H]13. The van der Waals surface area contributed by atoms with Gasteiger partial charge in [-0.2, -0.15) is 0 Å². The van der Waals surface area contributed by atoms with Crippen LogP contribution in [0.5, 0.6) is 0 Å². The fourth-order valence-corrected chi connectivity index (χ4v) is 5.08. The Morgan fingerprint density at radius 2 is 2.00 bits per heavy atom. The van der Waals surface area contributed by atoms with Crippen LogP contribution in [0.1, 0.15) is 60.8 Å². The molecule has 3 aliphatic carbocycles. The van der Waals surface area contributed by atoms with Gasteiger partial charge in [0, 0.05) is 5.92 Å². The largest absolute Gasteiger partial charge is 0.431 e. The summed E-state index contributed by atoms with van der Waals surface area (Å²) in [7, 11) is 0. The Morgan fingerprint density at radius 3 is 2.57 bits per heavy atom. The van der Waals surface area contributed by atoms with Crippen molar-refractivity contribution in [1.29, 1.82) is 0 Å². The molecular weight excluding hydrogens is 260 g/mol. The third kappa shape index (κ3) is 2.09. The average molecular weight is 290 g/mol. The zero-order valence-electron chi connectivity index (χ0n) is 14.4. The van der Waals surface area contributed by atoms with Gasteiger partial charge in [0.05, 0.1) is 5.41 Å². The van der Waals surface area contributed by atoms with Gasteiger partial charge in [-0.25, -0.2) is 0 Å². The molecule has 0 aromatic heterocycles. The average Bonchev–Trinajstić information content (AvgIpc) is 2.91. The number of rotatable bonds is 2. The van der Waals surface area contributed by atoms with Crippen molar-refractivity contribution >= 4 is 5.97 Å². The van der Waals surface area contributed by atoms with Crippen molar-refractivity contribution in [2.45, 2.75) is 60.8 Å². The molecule has 0 N–H and O–H groups in total. The van der Waals surface area contributed by atoms with E-state index < -0.39 is 5.41 Å². The van der Waals surface area contributed by atoms with Gasteiger partial charge >= 0.3 is 5.97 Å². The van der Waals surface area contributed by atoms with E-state index >= 15 is 0 Å². The molecule has 21 heavy (non-hydrogen) atoms. The lowest BCUT2D eigenvalue weighted by molar-refractivity contribution is -0.149. The van der Waals surface area contributed by atoms with Gasteiger partial charge in [-0.1, -0.05) is 20.8 Å². The minimum Gasteiger partial charge on any atom is -0.431 e. The summed E-state index contributed by atoms with van der Waals surface area (Å²) in [6.45, 7) is 12.9. The predicted molar refractivity (Wildman–Crippen MR) is 84.4 cm³/mol. The summed E-state index contributed by atoms with van der Waals surface area (Å²) in [6, 6.07) is 0. The standard InChI is InChI=1S/C19H30O2/c1-11(2)13-8-7-12(3)19-10-9-14(16(19)15(13)19)21-17(20)18(4,5)6/h9,11-13,15-16H,7-8,10H2,1-6H3/t12-,13+,15+,16+,19-/m1/s1. The summed E-state index contributed by atoms with van der Waals surface area (Å²) >= 11 is 0. The molecule has 5 atom stereocenters. The monoisotopic (exact) mass is 290 g/mol. The Hall–Kier alpha value is -0.790. The maximum Gasteiger partial charge on any atom is 0.316 e. The van der Waals surface area contributed by atoms with Crippen LogP contribution in [-0.4, -0.2) is 5.97 Å². The van der Waals surface area contributed by atoms with Gasteiger partial charge in [-0.05, 0) is 75.2 Å². The summed E-state index contributed by atoms with van der Waals surface area (Å²) < 4.78 is 5.81. The Morgan fingerprint density at radius 1 is 1.33 bits per heavy atom. The highest BCUT2D eigenvalue weighted by Crippen LogP contribution is 2.78. The van der Waals surface area contributed by atoms with Gasteiger partial charge in [0.1, 0.15) is 5.76 Å². The molecule has 2 heteroatoms. The molecule has 1 spiro atoms. The van der Waals surface area contributed by atoms with E-state index in [0.717, 1.165) is 35.9 Å². The zero-order chi connectivity index (χ0) is 15.6. The molecule has 0 saturated heterocycles. The van der Waals surface area contributed by atoms with E-state index in [9.17, 15) is 4.79 Å². The molecule has 118 valence electrons. The molecule has 0 aromatic carbocycles. The first-order valence-corrected chi connectivity index (χ1v) is 8.62. The molecule has 3 aliphatic rings. The molecule has 2 nitrogen and oxygen atoms in total. The maximum atomic E-state index is 12.2. The van der Waals surface area contributed by atoms with Gasteiger partial charge in [-0.3, -0.25) is 4.79 Å². The second-order valence-corrected chi connectivity index (χ2v) is 8.95. The molecule has 0 radical (unpaired) electrons. The van der Waals surface area contributed by atoms with Crippen LogP contribution < -0.4 is 0 Å². The number of carbonyl (C=O) groups is 1. The van der Waals surface area contributed by atoms with Crippen molar-refractivity contribution in [2.24, 2.45) is 40.4 Å². The van der Waals surface area contributed by atoms with Crippen molar-refractivity contribution in [3.05, 3.63) is 11.8 Å². The third-order valence-electron chi connectivity index (χ3n) is 6.40. The lowest BCUT2D eigenvalue weighted by Gasteiger charge is -2.35. The highest BCUT2D eigenvalue weighted by molar-refractivity contribution is 5.76. The number of esters is 1. The van der Waals surface area contributed by atoms with Gasteiger partial charge in [0.25, 0.3) is 0 Å². The molecule has 2 saturated carbocycles. The first kappa shape index (κ1) is 15.1. The number of hydrogen-bond acceptors (Lipinski definition) is 2. The maximum absolute atomic E-state index is 12.2. The van der Waals surface area contributed by atoms with Gasteiger partial charge in [0.15, 0.2) is 0 Å². The smallest absolute Gasteiger partial charge is 0.316 e. The zero-order valence-corrected chi connectivity index (χ0v) is 14.4. The van der Waals surface area contributed by atoms with Gasteiger partial charge in [0.2, 0.25) is 0 Å². The molecule has 0 aromatic rings. The van der Waals surface area contributed by atoms with Crippen LogP contribution in [-0.2, 0) is 9.53 Å². The number of allylic oxidation sites excluding steroid dienone is 2. The fraction of sp³-hybridized carbons (Fsp3) is 0.842. The van der Waals surface area contributed by atoms with Crippen molar-refractivity contribution in [1.82, 2.24) is 0 Å². The van der Waals surface area contributed by atoms with Crippen LogP contribution in [0.25, 0.3) is 0 Å². The first-order valence-electron chi connectivity index (χ1n) is 8.62. The Balaban J connectivity index is 1.79. The summed E-state index contributed by atoms with van der Waals surface area (Å²) in [6.07, 6.45) is 6.02. The lowest BCUT2D eigenvalue weighted by atomic mass is 9.70. The van der Waals surface area contributed by atoms with Crippen molar-refractivity contribution in [2.75, 3.05) is 0 Å². The minimum absolute atomic E-state index is 0.0804. The molecule has 0 unspecified atom stereocenters. The second kappa shape index (κ2) is 4.60. The highest BCUT2D eigenvalue weighted by atomic mass is 16.5. The molecule has 0 amide bonds. The molecule has 0 bridgehead atoms. The van der Waals surface area contributed by atoms with Crippen LogP contribution in [0.2, 0.25) is 0 Å². The number of fused-ring (bicyclic) bond motifs is 1. The summed E-state index contributed by atoms with van der Waals surface area (Å²) in [5.41, 5.74) is 0.0143. The van der Waals surface area contributed by atoms with E-state index in [1.54, 1.807) is 0 Å². The molecule has 0 heterocycles. The Labute approximate surface area is 129 Å². The van der Waals surface area contributed by atoms with Crippen LogP contribution in [0.15, 0.2) is 11.8 Å². The molecule has 2 fully saturated rings. The fourth-order valence-electron chi connectivity index (χ4n) is 5.08. The van der Waals surface area contributed by atoms with Crippen LogP contribution in [0.3, 0.4) is 0 Å². The van der Waals surface area contributed by atoms with E-state index in [1.807, 2.05) is 20.8 Å². The summed E-state index contributed by atoms with van der Waals surface area (Å²) in [5.74, 6) is 4.52. The van der Waals surface area contributed by atoms with E-state index in [1.165, 1.54) is 12.8 Å². The first-order chi connectivity index (χ1) is 9.69. The second-order valence-electron chi connectivity index (χ2n) is 8.95. The van der Waals surface area contributed by atoms with Crippen LogP contribution in [0.4, 0.5) is 0 Å². The lowest BCUT2D eigenvalue weighted by Crippen LogP contribution is -2.27. The van der Waals surface area contributed by atoms with E-state index in [0.29, 0.717) is 11.3 Å². The summed E-state index contributed by atoms with van der Waals surface area (Å²) in [4.78, 5) is 12.2. The van der Waals surface area contributed by atoms with E-state index in [4.69, 9.17) is 4.74 Å². The molecular formula is C19H30O2. The predicted octanol–water partition coefficient (Wildman–Crippen LogP) is 4.80. The third-order valence-corrected chi connectivity index (χ3v) is 6.40. The number of ether oxygens (including phenoxy) is 1. The highest BCUT2D eigenvalue weighted by Gasteiger charge is 2.74. The van der Waals surface area contributed by atoms with Gasteiger partial charge in [-0.15, -0.1) is 0 Å².